The fraction of sp³-hybridized carbons (Fsp3) is 0.676. The monoisotopic (exact) mass is 1480 g/mol. The van der Waals surface area contributed by atoms with Gasteiger partial charge in [-0.3, -0.25) is 0 Å². The van der Waals surface area contributed by atoms with Gasteiger partial charge in [0.1, 0.15) is 43.0 Å². The Hall–Kier alpha value is -2.95. The summed E-state index contributed by atoms with van der Waals surface area (Å²) in [5.74, 6) is 7.33. The lowest BCUT2D eigenvalue weighted by Crippen LogP contribution is -2.41. The van der Waals surface area contributed by atoms with Gasteiger partial charge in [0.2, 0.25) is 0 Å². The lowest BCUT2D eigenvalue weighted by molar-refractivity contribution is -0.0328. The Balaban J connectivity index is 0.000000177. The third-order valence-corrected chi connectivity index (χ3v) is 27.4. The Morgan fingerprint density at radius 3 is 1.54 bits per heavy atom. The number of allylic oxidation sites excluding steroid dienone is 2. The van der Waals surface area contributed by atoms with Crippen molar-refractivity contribution in [3.63, 3.8) is 0 Å². The van der Waals surface area contributed by atoms with Gasteiger partial charge >= 0.3 is 16.5 Å². The Labute approximate surface area is 579 Å². The summed E-state index contributed by atoms with van der Waals surface area (Å²) in [7, 11) is -5.04. The van der Waals surface area contributed by atoms with E-state index in [9.17, 15) is 0 Å². The molecule has 4 aliphatic carbocycles. The number of rotatable bonds is 26. The van der Waals surface area contributed by atoms with Crippen molar-refractivity contribution >= 4 is 114 Å². The molecule has 4 atom stereocenters. The van der Waals surface area contributed by atoms with Crippen LogP contribution in [-0.4, -0.2) is 150 Å². The van der Waals surface area contributed by atoms with E-state index >= 15 is 0 Å². The summed E-state index contributed by atoms with van der Waals surface area (Å²) < 4.78 is 39.8. The van der Waals surface area contributed by atoms with Crippen molar-refractivity contribution in [3.8, 4) is 11.1 Å². The highest BCUT2D eigenvalue weighted by Gasteiger charge is 2.52. The average Bonchev–Trinajstić information content (AvgIpc) is 1.57. The first kappa shape index (κ1) is 73.3. The Morgan fingerprint density at radius 2 is 1.09 bits per heavy atom. The van der Waals surface area contributed by atoms with E-state index in [2.05, 4.69) is 144 Å². The fourth-order valence-corrected chi connectivity index (χ4v) is 16.7. The number of anilines is 1. The molecule has 4 unspecified atom stereocenters. The molecule has 7 aliphatic rings. The van der Waals surface area contributed by atoms with E-state index in [1.807, 2.05) is 67.8 Å². The van der Waals surface area contributed by atoms with Gasteiger partial charge < -0.3 is 38.1 Å². The van der Waals surface area contributed by atoms with Gasteiger partial charge in [0, 0.05) is 145 Å². The van der Waals surface area contributed by atoms with Crippen molar-refractivity contribution in [2.45, 2.75) is 212 Å². The zero-order chi connectivity index (χ0) is 66.4. The minimum absolute atomic E-state index is 0.322. The normalized spacial score (nSPS) is 23.2. The molecule has 5 fully saturated rings. The third-order valence-electron chi connectivity index (χ3n) is 19.4. The van der Waals surface area contributed by atoms with Gasteiger partial charge in [-0.2, -0.15) is 9.61 Å². The van der Waals surface area contributed by atoms with E-state index in [4.69, 9.17) is 66.5 Å². The summed E-state index contributed by atoms with van der Waals surface area (Å²) in [6.07, 6.45) is 24.2. The maximum atomic E-state index is 6.31. The molecule has 0 spiro atoms. The van der Waals surface area contributed by atoms with Gasteiger partial charge in [-0.05, 0) is 132 Å². The molecule has 92 heavy (non-hydrogen) atoms. The van der Waals surface area contributed by atoms with Gasteiger partial charge in [0.15, 0.2) is 11.5 Å². The third kappa shape index (κ3) is 20.8. The largest absolute Gasteiger partial charge is 0.496 e. The highest BCUT2D eigenvalue weighted by molar-refractivity contribution is 14.1. The lowest BCUT2D eigenvalue weighted by Gasteiger charge is -2.33. The first-order valence-corrected chi connectivity index (χ1v) is 50.7. The number of nitrogens with zero attached hydrogens (tertiary/aromatic N) is 10. The number of halogens is 3. The number of pyridine rings is 2. The van der Waals surface area contributed by atoms with Crippen LogP contribution in [0.5, 0.6) is 0 Å². The molecule has 4 aromatic heterocycles. The van der Waals surface area contributed by atoms with E-state index in [0.29, 0.717) is 49.1 Å². The van der Waals surface area contributed by atoms with Crippen LogP contribution in [0.4, 0.5) is 5.82 Å². The molecule has 11 rings (SSSR count). The average molecular weight is 1480 g/mol. The molecule has 24 heteroatoms. The molecule has 16 nitrogen and oxygen atoms in total. The van der Waals surface area contributed by atoms with E-state index in [0.717, 1.165) is 118 Å². The van der Waals surface area contributed by atoms with Gasteiger partial charge in [-0.25, -0.2) is 15.0 Å². The second-order valence-electron chi connectivity index (χ2n) is 32.8. The van der Waals surface area contributed by atoms with Crippen molar-refractivity contribution in [2.24, 2.45) is 39.7 Å². The van der Waals surface area contributed by atoms with E-state index in [1.165, 1.54) is 75.6 Å². The SMILES string of the molecule is CC1(C)OB(c2ccc(Cl)nc2)OC1(C)C.C[Si](C)(C)CCOCN(COCC[Si](C)(C)C)C1=CC(C2CC3CCC(C3)C2)=NC2=C(I)[C+]=NN12.C[Si](C)(C)CCOCN(COCC[Si](C)(C)C)c1cc(C2CC3CCC(C3)C2)nc2c(-c3ccc(Cl)nc3)cnn12. The summed E-state index contributed by atoms with van der Waals surface area (Å²) in [6, 6.07) is 14.3. The van der Waals surface area contributed by atoms with Crippen molar-refractivity contribution in [1.29, 1.82) is 0 Å². The Morgan fingerprint density at radius 1 is 0.620 bits per heavy atom. The first-order chi connectivity index (χ1) is 43.2. The second-order valence-corrected chi connectivity index (χ2v) is 57.1. The first-order valence-electron chi connectivity index (χ1n) is 34.0. The molecule has 0 aromatic carbocycles. The number of aliphatic imine (C=N–C) groups is 1. The van der Waals surface area contributed by atoms with Crippen molar-refractivity contribution in [2.75, 3.05) is 58.3 Å². The summed E-state index contributed by atoms with van der Waals surface area (Å²) >= 11 is 14.2. The molecular formula is C68H107BCl2IN10O6Si4+. The standard InChI is InChI=1S/C31H48ClN5O2Si2.C26H44IN4O2Si2.C11H15BClNO2/c1-40(2,3)13-11-38-21-36(22-39-12-14-41(4,5)6)30-18-28(26-16-23-7-8-24(15-23)17-26)35-31-27(20-34-37(30)31)25-9-10-29(32)33-19-25;1-34(2,3)11-9-32-18-30(19-33-10-12-35(4,5)6)25-16-24(29-26-23(27)17-28-31(25)26)22-14-20-7-8-21(13-20)15-22;1-10(2)11(3,4)16-12(15-10)8-5-6-9(13)14-7-8/h9-10,18-20,23-24,26H,7-8,11-17,21-22H2,1-6H3;16,20-22H,7-15,18-19H2,1-6H3;5-7H,1-4H3/q;+1;. The molecule has 4 bridgehead atoms. The van der Waals surface area contributed by atoms with Crippen LogP contribution in [0.15, 0.2) is 80.3 Å². The van der Waals surface area contributed by atoms with Gasteiger partial charge in [0.05, 0.1) is 23.1 Å². The van der Waals surface area contributed by atoms with Crippen LogP contribution in [0, 0.1) is 29.6 Å². The van der Waals surface area contributed by atoms with Crippen molar-refractivity contribution in [3.05, 3.63) is 86.2 Å². The predicted octanol–water partition coefficient (Wildman–Crippen LogP) is 17.0. The molecule has 0 radical (unpaired) electrons. The molecule has 1 saturated heterocycles. The maximum Gasteiger partial charge on any atom is 0.496 e. The maximum absolute atomic E-state index is 6.31. The van der Waals surface area contributed by atoms with E-state index in [-0.39, 0.29) is 18.3 Å². The van der Waals surface area contributed by atoms with Crippen LogP contribution in [0.25, 0.3) is 16.8 Å². The Bertz CT molecular complexity index is 3140. The lowest BCUT2D eigenvalue weighted by atomic mass is 9.78. The minimum atomic E-state index is -1.19. The molecule has 4 aromatic rings. The van der Waals surface area contributed by atoms with Crippen LogP contribution in [-0.2, 0) is 28.3 Å². The topological polar surface area (TPSA) is 146 Å². The zero-order valence-electron chi connectivity index (χ0n) is 58.3. The molecule has 3 aliphatic heterocycles. The summed E-state index contributed by atoms with van der Waals surface area (Å²) in [5, 5.41) is 12.3. The van der Waals surface area contributed by atoms with Gasteiger partial charge in [-0.15, -0.1) is 4.99 Å². The number of hydrogen-bond acceptors (Lipinski definition) is 15. The highest BCUT2D eigenvalue weighted by Crippen LogP contribution is 2.49. The van der Waals surface area contributed by atoms with E-state index < -0.39 is 32.3 Å². The molecule has 0 amide bonds. The van der Waals surface area contributed by atoms with Crippen LogP contribution >= 0.6 is 45.8 Å². The number of hydrogen-bond donors (Lipinski definition) is 0. The van der Waals surface area contributed by atoms with Crippen LogP contribution in [0.2, 0.25) is 113 Å². The van der Waals surface area contributed by atoms with Crippen molar-refractivity contribution in [1.82, 2.24) is 34.5 Å². The predicted molar refractivity (Wildman–Crippen MR) is 399 cm³/mol. The smallest absolute Gasteiger partial charge is 0.399 e. The summed E-state index contributed by atoms with van der Waals surface area (Å²) in [4.78, 5) is 23.2. The molecular weight excluding hydrogens is 1370 g/mol. The number of aromatic nitrogens is 5. The summed E-state index contributed by atoms with van der Waals surface area (Å²) in [5.41, 5.74) is 5.42. The second kappa shape index (κ2) is 31.3. The molecule has 0 N–H and O–H groups in total. The molecule has 4 saturated carbocycles. The summed E-state index contributed by atoms with van der Waals surface area (Å²) in [6.45, 7) is 41.8. The van der Waals surface area contributed by atoms with E-state index in [1.54, 1.807) is 12.3 Å². The number of ether oxygens (including phenoxy) is 4. The Kier molecular flexibility index (Phi) is 24.9. The number of fused-ring (bicyclic) bond motifs is 6. The molecule has 7 heterocycles. The minimum Gasteiger partial charge on any atom is -0.399 e. The quantitative estimate of drug-likeness (QED) is 0.0147. The van der Waals surface area contributed by atoms with Crippen LogP contribution < -0.4 is 10.4 Å². The number of hydrazone groups is 1. The highest BCUT2D eigenvalue weighted by atomic mass is 127. The van der Waals surface area contributed by atoms with Crippen molar-refractivity contribution < 1.29 is 28.3 Å². The van der Waals surface area contributed by atoms with Gasteiger partial charge in [0.25, 0.3) is 6.21 Å². The van der Waals surface area contributed by atoms with Crippen LogP contribution in [0.1, 0.15) is 104 Å². The van der Waals surface area contributed by atoms with Gasteiger partial charge in [-0.1, -0.05) is 139 Å². The zero-order valence-corrected chi connectivity index (χ0v) is 66.0. The molecule has 504 valence electrons. The fourth-order valence-electron chi connectivity index (χ4n) is 13.0. The van der Waals surface area contributed by atoms with Crippen LogP contribution in [0.3, 0.4) is 0 Å².